The number of carbonyl (C=O) groups is 1. The summed E-state index contributed by atoms with van der Waals surface area (Å²) in [6.07, 6.45) is 3.66. The van der Waals surface area contributed by atoms with Crippen molar-refractivity contribution in [3.63, 3.8) is 0 Å². The van der Waals surface area contributed by atoms with E-state index in [2.05, 4.69) is 10.00 Å². The zero-order valence-corrected chi connectivity index (χ0v) is 13.0. The molecule has 1 heterocycles. The van der Waals surface area contributed by atoms with Crippen molar-refractivity contribution in [3.8, 4) is 5.75 Å². The summed E-state index contributed by atoms with van der Waals surface area (Å²) in [5, 5.41) is 13.5. The predicted molar refractivity (Wildman–Crippen MR) is 83.1 cm³/mol. The summed E-state index contributed by atoms with van der Waals surface area (Å²) < 4.78 is 7.16. The third-order valence-corrected chi connectivity index (χ3v) is 3.32. The summed E-state index contributed by atoms with van der Waals surface area (Å²) in [4.78, 5) is 12.7. The van der Waals surface area contributed by atoms with E-state index in [1.807, 2.05) is 24.0 Å². The highest BCUT2D eigenvalue weighted by molar-refractivity contribution is 6.30. The molecule has 1 N–H and O–H groups in total. The Morgan fingerprint density at radius 2 is 2.32 bits per heavy atom. The van der Waals surface area contributed by atoms with Crippen molar-refractivity contribution in [2.24, 2.45) is 0 Å². The predicted octanol–water partition coefficient (Wildman–Crippen LogP) is 2.13. The van der Waals surface area contributed by atoms with Gasteiger partial charge in [0.05, 0.1) is 6.54 Å². The topological polar surface area (TPSA) is 67.6 Å². The largest absolute Gasteiger partial charge is 0.482 e. The van der Waals surface area contributed by atoms with Gasteiger partial charge in [-0.1, -0.05) is 11.6 Å². The van der Waals surface area contributed by atoms with Crippen molar-refractivity contribution in [3.05, 3.63) is 47.2 Å². The standard InChI is InChI=1S/C15H18ClN3O3/c1-18(7-8-19-6-2-5-17-19)10-12-9-13(16)3-4-14(12)22-11-15(20)21/h2-6,9H,7-8,10-11H2,1H3,(H,20,21). The first-order valence-electron chi connectivity index (χ1n) is 6.83. The second-order valence-electron chi connectivity index (χ2n) is 4.94. The van der Waals surface area contributed by atoms with E-state index in [9.17, 15) is 4.79 Å². The number of carboxylic acids is 1. The van der Waals surface area contributed by atoms with Crippen LogP contribution in [-0.4, -0.2) is 46.0 Å². The van der Waals surface area contributed by atoms with E-state index >= 15 is 0 Å². The zero-order chi connectivity index (χ0) is 15.9. The Hall–Kier alpha value is -2.05. The molecule has 0 fully saturated rings. The molecule has 1 aromatic carbocycles. The molecular weight excluding hydrogens is 306 g/mol. The second-order valence-corrected chi connectivity index (χ2v) is 5.38. The maximum atomic E-state index is 10.6. The number of carboxylic acid groups (broad SMARTS) is 1. The number of rotatable bonds is 8. The first kappa shape index (κ1) is 16.3. The van der Waals surface area contributed by atoms with Crippen LogP contribution in [0.4, 0.5) is 0 Å². The van der Waals surface area contributed by atoms with Gasteiger partial charge in [-0.2, -0.15) is 5.10 Å². The summed E-state index contributed by atoms with van der Waals surface area (Å²) in [6, 6.07) is 7.06. The van der Waals surface area contributed by atoms with E-state index in [0.717, 1.165) is 18.7 Å². The third kappa shape index (κ3) is 5.05. The van der Waals surface area contributed by atoms with Crippen LogP contribution in [0.15, 0.2) is 36.7 Å². The van der Waals surface area contributed by atoms with Gasteiger partial charge in [0.15, 0.2) is 6.61 Å². The summed E-state index contributed by atoms with van der Waals surface area (Å²) in [5.74, 6) is -0.467. The number of hydrogen-bond acceptors (Lipinski definition) is 4. The Labute approximate surface area is 133 Å². The van der Waals surface area contributed by atoms with Crippen LogP contribution in [-0.2, 0) is 17.9 Å². The molecule has 0 radical (unpaired) electrons. The minimum atomic E-state index is -1.01. The molecule has 0 atom stereocenters. The highest BCUT2D eigenvalue weighted by Gasteiger charge is 2.10. The molecule has 0 unspecified atom stereocenters. The summed E-state index contributed by atoms with van der Waals surface area (Å²) in [6.45, 7) is 1.81. The monoisotopic (exact) mass is 323 g/mol. The van der Waals surface area contributed by atoms with Crippen LogP contribution >= 0.6 is 11.6 Å². The van der Waals surface area contributed by atoms with Crippen molar-refractivity contribution < 1.29 is 14.6 Å². The number of aliphatic carboxylic acids is 1. The van der Waals surface area contributed by atoms with E-state index in [1.165, 1.54) is 0 Å². The summed E-state index contributed by atoms with van der Waals surface area (Å²) in [7, 11) is 1.98. The highest BCUT2D eigenvalue weighted by Crippen LogP contribution is 2.24. The number of ether oxygens (including phenoxy) is 1. The molecule has 0 saturated carbocycles. The van der Waals surface area contributed by atoms with Gasteiger partial charge in [-0.3, -0.25) is 4.68 Å². The molecule has 22 heavy (non-hydrogen) atoms. The smallest absolute Gasteiger partial charge is 0.341 e. The molecule has 0 spiro atoms. The van der Waals surface area contributed by atoms with Crippen molar-refractivity contribution in [2.45, 2.75) is 13.1 Å². The van der Waals surface area contributed by atoms with Gasteiger partial charge in [-0.15, -0.1) is 0 Å². The van der Waals surface area contributed by atoms with Gasteiger partial charge < -0.3 is 14.7 Å². The fraction of sp³-hybridized carbons (Fsp3) is 0.333. The molecular formula is C15H18ClN3O3. The van der Waals surface area contributed by atoms with Crippen LogP contribution in [0.1, 0.15) is 5.56 Å². The zero-order valence-electron chi connectivity index (χ0n) is 12.3. The summed E-state index contributed by atoms with van der Waals surface area (Å²) >= 11 is 6.02. The molecule has 7 heteroatoms. The van der Waals surface area contributed by atoms with Gasteiger partial charge >= 0.3 is 5.97 Å². The van der Waals surface area contributed by atoms with Crippen LogP contribution in [0, 0.1) is 0 Å². The van der Waals surface area contributed by atoms with Crippen molar-refractivity contribution in [2.75, 3.05) is 20.2 Å². The fourth-order valence-electron chi connectivity index (χ4n) is 2.03. The van der Waals surface area contributed by atoms with Crippen molar-refractivity contribution in [1.82, 2.24) is 14.7 Å². The number of nitrogens with zero attached hydrogens (tertiary/aromatic N) is 3. The normalized spacial score (nSPS) is 10.9. The maximum Gasteiger partial charge on any atom is 0.341 e. The Morgan fingerprint density at radius 3 is 3.00 bits per heavy atom. The van der Waals surface area contributed by atoms with Gasteiger partial charge in [-0.05, 0) is 31.3 Å². The number of likely N-dealkylation sites (N-methyl/N-ethyl adjacent to an activating group) is 1. The van der Waals surface area contributed by atoms with E-state index < -0.39 is 5.97 Å². The number of aromatic nitrogens is 2. The Bertz CT molecular complexity index is 617. The maximum absolute atomic E-state index is 10.6. The minimum absolute atomic E-state index is 0.369. The third-order valence-electron chi connectivity index (χ3n) is 3.08. The van der Waals surface area contributed by atoms with Crippen molar-refractivity contribution >= 4 is 17.6 Å². The first-order chi connectivity index (χ1) is 10.5. The van der Waals surface area contributed by atoms with Crippen LogP contribution in [0.2, 0.25) is 5.02 Å². The first-order valence-corrected chi connectivity index (χ1v) is 7.21. The van der Waals surface area contributed by atoms with Crippen LogP contribution in [0.3, 0.4) is 0 Å². The molecule has 2 aromatic rings. The highest BCUT2D eigenvalue weighted by atomic mass is 35.5. The van der Waals surface area contributed by atoms with E-state index in [4.69, 9.17) is 21.4 Å². The fourth-order valence-corrected chi connectivity index (χ4v) is 2.22. The SMILES string of the molecule is CN(CCn1cccn1)Cc1cc(Cl)ccc1OCC(=O)O. The Kier molecular flexibility index (Phi) is 5.80. The average Bonchev–Trinajstić information content (AvgIpc) is 2.97. The molecule has 0 bridgehead atoms. The number of hydrogen-bond donors (Lipinski definition) is 1. The number of halogens is 1. The Morgan fingerprint density at radius 1 is 1.50 bits per heavy atom. The average molecular weight is 324 g/mol. The number of benzene rings is 1. The summed E-state index contributed by atoms with van der Waals surface area (Å²) in [5.41, 5.74) is 0.858. The van der Waals surface area contributed by atoms with Gasteiger partial charge in [0.1, 0.15) is 5.75 Å². The van der Waals surface area contributed by atoms with Gasteiger partial charge in [-0.25, -0.2) is 4.79 Å². The van der Waals surface area contributed by atoms with Crippen LogP contribution < -0.4 is 4.74 Å². The van der Waals surface area contributed by atoms with Gasteiger partial charge in [0.2, 0.25) is 0 Å². The minimum Gasteiger partial charge on any atom is -0.482 e. The molecule has 0 saturated heterocycles. The van der Waals surface area contributed by atoms with Crippen LogP contribution in [0.5, 0.6) is 5.75 Å². The molecule has 1 aromatic heterocycles. The lowest BCUT2D eigenvalue weighted by Crippen LogP contribution is -2.23. The van der Waals surface area contributed by atoms with E-state index in [1.54, 1.807) is 24.4 Å². The molecule has 0 aliphatic heterocycles. The lowest BCUT2D eigenvalue weighted by Gasteiger charge is -2.19. The lowest BCUT2D eigenvalue weighted by atomic mass is 10.2. The van der Waals surface area contributed by atoms with Crippen LogP contribution in [0.25, 0.3) is 0 Å². The van der Waals surface area contributed by atoms with Crippen molar-refractivity contribution in [1.29, 1.82) is 0 Å². The molecule has 0 amide bonds. The van der Waals surface area contributed by atoms with E-state index in [0.29, 0.717) is 17.3 Å². The quantitative estimate of drug-likeness (QED) is 0.806. The lowest BCUT2D eigenvalue weighted by molar-refractivity contribution is -0.139. The van der Waals surface area contributed by atoms with Gasteiger partial charge in [0.25, 0.3) is 0 Å². The van der Waals surface area contributed by atoms with Gasteiger partial charge in [0, 0.05) is 36.1 Å². The molecule has 0 aliphatic rings. The molecule has 2 rings (SSSR count). The molecule has 0 aliphatic carbocycles. The Balaban J connectivity index is 1.97. The van der Waals surface area contributed by atoms with E-state index in [-0.39, 0.29) is 6.61 Å². The molecule has 118 valence electrons. The second kappa shape index (κ2) is 7.82. The molecule has 6 nitrogen and oxygen atoms in total.